The first kappa shape index (κ1) is 30.7. The van der Waals surface area contributed by atoms with Crippen molar-refractivity contribution in [2.24, 2.45) is 5.73 Å². The minimum Gasteiger partial charge on any atom is -0.368 e. The van der Waals surface area contributed by atoms with Gasteiger partial charge < -0.3 is 20.9 Å². The second-order valence-corrected chi connectivity index (χ2v) is 11.4. The highest BCUT2D eigenvalue weighted by Crippen LogP contribution is 2.33. The molecule has 3 atom stereocenters. The monoisotopic (exact) mass is 611 g/mol. The first-order valence-corrected chi connectivity index (χ1v) is 14.9. The van der Waals surface area contributed by atoms with Gasteiger partial charge in [0.15, 0.2) is 0 Å². The van der Waals surface area contributed by atoms with Crippen molar-refractivity contribution in [3.05, 3.63) is 113 Å². The van der Waals surface area contributed by atoms with Crippen LogP contribution in [0.25, 0.3) is 10.8 Å². The fourth-order valence-electron chi connectivity index (χ4n) is 5.82. The number of pyridine rings is 1. The number of carbonyl (C=O) groups is 4. The molecule has 1 saturated heterocycles. The van der Waals surface area contributed by atoms with Gasteiger partial charge in [0.1, 0.15) is 12.1 Å². The van der Waals surface area contributed by atoms with E-state index in [1.54, 1.807) is 48.7 Å². The number of nitrogens with zero attached hydrogens (tertiary/aromatic N) is 3. The molecule has 5 rings (SSSR count). The lowest BCUT2D eigenvalue weighted by molar-refractivity contribution is -0.148. The zero-order valence-corrected chi connectivity index (χ0v) is 25.1. The summed E-state index contributed by atoms with van der Waals surface area (Å²) in [5, 5.41) is 5.06. The molecule has 2 heterocycles. The molecule has 0 unspecified atom stereocenters. The lowest BCUT2D eigenvalue weighted by atomic mass is 9.96. The molecule has 3 N–H and O–H groups in total. The summed E-state index contributed by atoms with van der Waals surface area (Å²) in [5.41, 5.74) is 7.93. The number of benzene rings is 3. The molecule has 0 aliphatic carbocycles. The average molecular weight is 612 g/mol. The molecule has 10 heteroatoms. The van der Waals surface area contributed by atoms with E-state index in [1.807, 2.05) is 49.4 Å². The summed E-state index contributed by atoms with van der Waals surface area (Å²) in [6, 6.07) is 23.3. The molecule has 1 aromatic heterocycles. The standard InChI is InChI=1S/C34H34ClN5O4/c1-22-15-17-39(29(33(36)43)19-24-10-6-9-23-8-2-3-14-28(23)24)34(44)32(25-11-7-12-26(35)18-25)40(22)31(42)21-38-30(41)20-27-13-4-5-16-37-27/h2-14,16,18,22,29,32H,15,17,19-21H2,1H3,(H2,36,43)(H,38,41)/t22-,29-,32+/m1/s1. The number of aromatic nitrogens is 1. The van der Waals surface area contributed by atoms with Gasteiger partial charge in [-0.05, 0) is 59.5 Å². The van der Waals surface area contributed by atoms with Crippen LogP contribution in [-0.2, 0) is 32.0 Å². The van der Waals surface area contributed by atoms with Crippen LogP contribution in [0.1, 0.15) is 36.2 Å². The number of hydrogen-bond donors (Lipinski definition) is 2. The van der Waals surface area contributed by atoms with E-state index in [1.165, 1.54) is 9.80 Å². The summed E-state index contributed by atoms with van der Waals surface area (Å²) in [7, 11) is 0. The van der Waals surface area contributed by atoms with Crippen LogP contribution in [0.4, 0.5) is 0 Å². The third-order valence-corrected chi connectivity index (χ3v) is 8.25. The van der Waals surface area contributed by atoms with Crippen LogP contribution in [-0.4, -0.2) is 63.6 Å². The van der Waals surface area contributed by atoms with E-state index in [4.69, 9.17) is 17.3 Å². The van der Waals surface area contributed by atoms with Crippen molar-refractivity contribution in [3.8, 4) is 0 Å². The largest absolute Gasteiger partial charge is 0.368 e. The van der Waals surface area contributed by atoms with Gasteiger partial charge in [-0.2, -0.15) is 0 Å². The highest BCUT2D eigenvalue weighted by Gasteiger charge is 2.43. The Labute approximate surface area is 261 Å². The SMILES string of the molecule is C[C@@H]1CCN([C@H](Cc2cccc3ccccc23)C(N)=O)C(=O)[C@H](c2cccc(Cl)c2)N1C(=O)CNC(=O)Cc1ccccn1. The maximum Gasteiger partial charge on any atom is 0.250 e. The van der Waals surface area contributed by atoms with Crippen LogP contribution in [0.15, 0.2) is 91.1 Å². The Kier molecular flexibility index (Phi) is 9.55. The Bertz CT molecular complexity index is 1680. The van der Waals surface area contributed by atoms with E-state index in [0.717, 1.165) is 16.3 Å². The van der Waals surface area contributed by atoms with E-state index in [9.17, 15) is 19.2 Å². The topological polar surface area (TPSA) is 126 Å². The van der Waals surface area contributed by atoms with Gasteiger partial charge in [-0.3, -0.25) is 24.2 Å². The molecule has 226 valence electrons. The molecule has 1 aliphatic rings. The number of nitrogens with two attached hydrogens (primary N) is 1. The maximum atomic E-state index is 14.5. The number of amides is 4. The number of carbonyl (C=O) groups excluding carboxylic acids is 4. The molecule has 1 aliphatic heterocycles. The van der Waals surface area contributed by atoms with E-state index in [-0.39, 0.29) is 31.8 Å². The normalized spacial score (nSPS) is 17.6. The van der Waals surface area contributed by atoms with E-state index >= 15 is 0 Å². The van der Waals surface area contributed by atoms with Crippen molar-refractivity contribution in [1.82, 2.24) is 20.1 Å². The highest BCUT2D eigenvalue weighted by atomic mass is 35.5. The number of nitrogens with one attached hydrogen (secondary N) is 1. The van der Waals surface area contributed by atoms with Crippen LogP contribution >= 0.6 is 11.6 Å². The molecule has 9 nitrogen and oxygen atoms in total. The summed E-state index contributed by atoms with van der Waals surface area (Å²) in [6.45, 7) is 1.76. The fraction of sp³-hybridized carbons (Fsp3) is 0.265. The molecule has 0 radical (unpaired) electrons. The molecule has 44 heavy (non-hydrogen) atoms. The zero-order valence-electron chi connectivity index (χ0n) is 24.4. The minimum absolute atomic E-state index is 0.0164. The van der Waals surface area contributed by atoms with Crippen molar-refractivity contribution in [2.45, 2.75) is 44.3 Å². The highest BCUT2D eigenvalue weighted by molar-refractivity contribution is 6.30. The van der Waals surface area contributed by atoms with Gasteiger partial charge in [-0.25, -0.2) is 0 Å². The number of hydrogen-bond acceptors (Lipinski definition) is 5. The van der Waals surface area contributed by atoms with E-state index in [2.05, 4.69) is 10.3 Å². The average Bonchev–Trinajstić information content (AvgIpc) is 3.14. The van der Waals surface area contributed by atoms with Gasteiger partial charge in [-0.15, -0.1) is 0 Å². The molecule has 1 fully saturated rings. The third-order valence-electron chi connectivity index (χ3n) is 8.01. The van der Waals surface area contributed by atoms with Gasteiger partial charge in [0.2, 0.25) is 17.7 Å². The molecule has 0 saturated carbocycles. The molecular formula is C34H34ClN5O4. The minimum atomic E-state index is -1.08. The molecule has 4 amide bonds. The summed E-state index contributed by atoms with van der Waals surface area (Å²) in [4.78, 5) is 61.0. The van der Waals surface area contributed by atoms with Crippen molar-refractivity contribution < 1.29 is 19.2 Å². The van der Waals surface area contributed by atoms with Gasteiger partial charge in [0.05, 0.1) is 13.0 Å². The smallest absolute Gasteiger partial charge is 0.250 e. The lowest BCUT2D eigenvalue weighted by Gasteiger charge is -2.36. The Morgan fingerprint density at radius 3 is 2.52 bits per heavy atom. The predicted molar refractivity (Wildman–Crippen MR) is 168 cm³/mol. The van der Waals surface area contributed by atoms with Crippen LogP contribution < -0.4 is 11.1 Å². The first-order valence-electron chi connectivity index (χ1n) is 14.5. The Balaban J connectivity index is 1.44. The lowest BCUT2D eigenvalue weighted by Crippen LogP contribution is -2.53. The molecule has 3 aromatic carbocycles. The fourth-order valence-corrected chi connectivity index (χ4v) is 6.02. The molecular weight excluding hydrogens is 578 g/mol. The summed E-state index contributed by atoms with van der Waals surface area (Å²) in [6.07, 6.45) is 2.23. The van der Waals surface area contributed by atoms with Crippen molar-refractivity contribution in [1.29, 1.82) is 0 Å². The second kappa shape index (κ2) is 13.7. The number of fused-ring (bicyclic) bond motifs is 1. The van der Waals surface area contributed by atoms with Crippen LogP contribution in [0.2, 0.25) is 5.02 Å². The van der Waals surface area contributed by atoms with Crippen LogP contribution in [0.3, 0.4) is 0 Å². The first-order chi connectivity index (χ1) is 21.2. The zero-order chi connectivity index (χ0) is 31.2. The van der Waals surface area contributed by atoms with Gasteiger partial charge >= 0.3 is 0 Å². The number of halogens is 1. The van der Waals surface area contributed by atoms with Crippen LogP contribution in [0.5, 0.6) is 0 Å². The number of rotatable bonds is 9. The van der Waals surface area contributed by atoms with Gasteiger partial charge in [-0.1, -0.05) is 72.3 Å². The Hall–Kier alpha value is -4.76. The quantitative estimate of drug-likeness (QED) is 0.298. The summed E-state index contributed by atoms with van der Waals surface area (Å²) in [5.74, 6) is -1.87. The molecule has 0 spiro atoms. The maximum absolute atomic E-state index is 14.5. The van der Waals surface area contributed by atoms with Crippen molar-refractivity contribution in [2.75, 3.05) is 13.1 Å². The summed E-state index contributed by atoms with van der Waals surface area (Å²) >= 11 is 6.34. The van der Waals surface area contributed by atoms with Crippen molar-refractivity contribution in [3.63, 3.8) is 0 Å². The van der Waals surface area contributed by atoms with Gasteiger partial charge in [0, 0.05) is 35.9 Å². The van der Waals surface area contributed by atoms with E-state index in [0.29, 0.717) is 22.7 Å². The van der Waals surface area contributed by atoms with E-state index < -0.39 is 35.8 Å². The van der Waals surface area contributed by atoms with Gasteiger partial charge in [0.25, 0.3) is 5.91 Å². The third kappa shape index (κ3) is 6.89. The predicted octanol–water partition coefficient (Wildman–Crippen LogP) is 3.83. The van der Waals surface area contributed by atoms with Crippen LogP contribution in [0, 0.1) is 0 Å². The Morgan fingerprint density at radius 1 is 1.02 bits per heavy atom. The second-order valence-electron chi connectivity index (χ2n) is 11.0. The molecule has 4 aromatic rings. The summed E-state index contributed by atoms with van der Waals surface area (Å²) < 4.78 is 0. The molecule has 0 bridgehead atoms. The number of primary amides is 1. The van der Waals surface area contributed by atoms with Crippen molar-refractivity contribution >= 4 is 46.0 Å². The Morgan fingerprint density at radius 2 is 1.77 bits per heavy atom.